The molecule has 0 aromatic rings. The van der Waals surface area contributed by atoms with Gasteiger partial charge in [0.2, 0.25) is 0 Å². The minimum Gasteiger partial charge on any atom is -0.375 e. The predicted molar refractivity (Wildman–Crippen MR) is 27.1 cm³/mol. The van der Waals surface area contributed by atoms with Crippen molar-refractivity contribution in [1.82, 2.24) is 0 Å². The molecule has 0 bridgehead atoms. The van der Waals surface area contributed by atoms with Gasteiger partial charge in [-0.25, -0.2) is 0 Å². The molecule has 2 saturated carbocycles. The second kappa shape index (κ2) is 1.22. The van der Waals surface area contributed by atoms with Crippen LogP contribution in [0.4, 0.5) is 0 Å². The monoisotopic (exact) mass is 98.1 g/mol. The maximum Gasteiger partial charge on any atom is 0.0580 e. The largest absolute Gasteiger partial charge is 0.375 e. The van der Waals surface area contributed by atoms with Crippen LogP contribution in [-0.2, 0) is 4.74 Å². The number of rotatable bonds is 2. The van der Waals surface area contributed by atoms with Gasteiger partial charge in [0.1, 0.15) is 0 Å². The van der Waals surface area contributed by atoms with E-state index in [1.807, 2.05) is 0 Å². The molecular formula is C6H10O. The standard InChI is InChI=1S/C6H10O/c1-2-5(1)7-6-3-4-6/h5-6H,1-4H2. The van der Waals surface area contributed by atoms with E-state index in [1.54, 1.807) is 0 Å². The van der Waals surface area contributed by atoms with Crippen LogP contribution in [0.1, 0.15) is 25.7 Å². The Morgan fingerprint density at radius 2 is 1.29 bits per heavy atom. The highest BCUT2D eigenvalue weighted by atomic mass is 16.5. The molecule has 2 aliphatic rings. The van der Waals surface area contributed by atoms with E-state index in [0.29, 0.717) is 12.2 Å². The van der Waals surface area contributed by atoms with Crippen LogP contribution >= 0.6 is 0 Å². The SMILES string of the molecule is C1CC1OC1CC1. The quantitative estimate of drug-likeness (QED) is 0.506. The Morgan fingerprint density at radius 1 is 0.857 bits per heavy atom. The maximum absolute atomic E-state index is 5.47. The van der Waals surface area contributed by atoms with Crippen LogP contribution in [0, 0.1) is 0 Å². The second-order valence-corrected chi connectivity index (χ2v) is 2.53. The molecule has 0 radical (unpaired) electrons. The topological polar surface area (TPSA) is 9.23 Å². The minimum atomic E-state index is 0.687. The van der Waals surface area contributed by atoms with E-state index < -0.39 is 0 Å². The van der Waals surface area contributed by atoms with Crippen molar-refractivity contribution in [1.29, 1.82) is 0 Å². The van der Waals surface area contributed by atoms with Crippen molar-refractivity contribution in [2.75, 3.05) is 0 Å². The molecule has 0 saturated heterocycles. The van der Waals surface area contributed by atoms with Gasteiger partial charge in [0.05, 0.1) is 12.2 Å². The maximum atomic E-state index is 5.47. The summed E-state index contributed by atoms with van der Waals surface area (Å²) >= 11 is 0. The van der Waals surface area contributed by atoms with Gasteiger partial charge in [-0.2, -0.15) is 0 Å². The molecule has 2 rings (SSSR count). The molecule has 7 heavy (non-hydrogen) atoms. The van der Waals surface area contributed by atoms with E-state index in [4.69, 9.17) is 4.74 Å². The van der Waals surface area contributed by atoms with Crippen molar-refractivity contribution in [2.45, 2.75) is 37.9 Å². The van der Waals surface area contributed by atoms with Crippen molar-refractivity contribution in [3.8, 4) is 0 Å². The molecule has 0 unspecified atom stereocenters. The Morgan fingerprint density at radius 3 is 1.57 bits per heavy atom. The zero-order chi connectivity index (χ0) is 4.69. The van der Waals surface area contributed by atoms with Gasteiger partial charge in [0.25, 0.3) is 0 Å². The summed E-state index contributed by atoms with van der Waals surface area (Å²) in [5.74, 6) is 0. The van der Waals surface area contributed by atoms with Crippen LogP contribution in [-0.4, -0.2) is 12.2 Å². The zero-order valence-corrected chi connectivity index (χ0v) is 4.39. The first-order valence-electron chi connectivity index (χ1n) is 3.10. The molecule has 0 heterocycles. The van der Waals surface area contributed by atoms with Crippen LogP contribution in [0.5, 0.6) is 0 Å². The highest BCUT2D eigenvalue weighted by Gasteiger charge is 2.31. The second-order valence-electron chi connectivity index (χ2n) is 2.53. The van der Waals surface area contributed by atoms with Crippen molar-refractivity contribution in [3.05, 3.63) is 0 Å². The fourth-order valence-corrected chi connectivity index (χ4v) is 0.680. The zero-order valence-electron chi connectivity index (χ0n) is 4.39. The van der Waals surface area contributed by atoms with Gasteiger partial charge in [-0.15, -0.1) is 0 Å². The number of ether oxygens (including phenoxy) is 1. The Balaban J connectivity index is 1.69. The van der Waals surface area contributed by atoms with Crippen molar-refractivity contribution >= 4 is 0 Å². The van der Waals surface area contributed by atoms with Crippen LogP contribution in [0.25, 0.3) is 0 Å². The van der Waals surface area contributed by atoms with Gasteiger partial charge in [0.15, 0.2) is 0 Å². The molecule has 0 aromatic heterocycles. The van der Waals surface area contributed by atoms with Crippen molar-refractivity contribution in [3.63, 3.8) is 0 Å². The number of hydrogen-bond acceptors (Lipinski definition) is 1. The summed E-state index contributed by atoms with van der Waals surface area (Å²) in [5.41, 5.74) is 0. The molecule has 0 spiro atoms. The van der Waals surface area contributed by atoms with Crippen molar-refractivity contribution < 1.29 is 4.74 Å². The fraction of sp³-hybridized carbons (Fsp3) is 1.00. The molecular weight excluding hydrogens is 88.1 g/mol. The van der Waals surface area contributed by atoms with Crippen LogP contribution < -0.4 is 0 Å². The Kier molecular flexibility index (Phi) is 0.680. The van der Waals surface area contributed by atoms with Gasteiger partial charge in [-0.1, -0.05) is 0 Å². The molecule has 0 aromatic carbocycles. The molecule has 40 valence electrons. The van der Waals surface area contributed by atoms with Gasteiger partial charge in [-0.05, 0) is 25.7 Å². The summed E-state index contributed by atoms with van der Waals surface area (Å²) in [7, 11) is 0. The third kappa shape index (κ3) is 0.942. The Bertz CT molecular complexity index is 62.2. The Labute approximate surface area is 43.7 Å². The molecule has 0 amide bonds. The third-order valence-corrected chi connectivity index (χ3v) is 1.43. The third-order valence-electron chi connectivity index (χ3n) is 1.43. The highest BCUT2D eigenvalue weighted by molar-refractivity contribution is 4.81. The van der Waals surface area contributed by atoms with Gasteiger partial charge in [-0.3, -0.25) is 0 Å². The summed E-state index contributed by atoms with van der Waals surface area (Å²) in [5, 5.41) is 0. The summed E-state index contributed by atoms with van der Waals surface area (Å²) in [6.45, 7) is 0. The smallest absolute Gasteiger partial charge is 0.0580 e. The summed E-state index contributed by atoms with van der Waals surface area (Å²) in [4.78, 5) is 0. The van der Waals surface area contributed by atoms with E-state index >= 15 is 0 Å². The van der Waals surface area contributed by atoms with E-state index in [0.717, 1.165) is 0 Å². The lowest BCUT2D eigenvalue weighted by atomic mass is 10.7. The van der Waals surface area contributed by atoms with Crippen LogP contribution in [0.2, 0.25) is 0 Å². The van der Waals surface area contributed by atoms with Crippen molar-refractivity contribution in [2.24, 2.45) is 0 Å². The van der Waals surface area contributed by atoms with E-state index in [1.165, 1.54) is 25.7 Å². The molecule has 2 fully saturated rings. The normalized spacial score (nSPS) is 30.9. The molecule has 1 nitrogen and oxygen atoms in total. The van der Waals surface area contributed by atoms with E-state index in [-0.39, 0.29) is 0 Å². The average molecular weight is 98.1 g/mol. The van der Waals surface area contributed by atoms with Gasteiger partial charge in [0, 0.05) is 0 Å². The first-order valence-corrected chi connectivity index (χ1v) is 3.10. The molecule has 0 N–H and O–H groups in total. The molecule has 0 aliphatic heterocycles. The first-order chi connectivity index (χ1) is 3.45. The first kappa shape index (κ1) is 3.90. The Hall–Kier alpha value is -0.0400. The lowest BCUT2D eigenvalue weighted by molar-refractivity contribution is 0.105. The van der Waals surface area contributed by atoms with Crippen LogP contribution in [0.3, 0.4) is 0 Å². The van der Waals surface area contributed by atoms with E-state index in [9.17, 15) is 0 Å². The lowest BCUT2D eigenvalue weighted by Crippen LogP contribution is -1.93. The van der Waals surface area contributed by atoms with Crippen LogP contribution in [0.15, 0.2) is 0 Å². The number of hydrogen-bond donors (Lipinski definition) is 0. The van der Waals surface area contributed by atoms with Gasteiger partial charge >= 0.3 is 0 Å². The predicted octanol–water partition coefficient (Wildman–Crippen LogP) is 1.33. The lowest BCUT2D eigenvalue weighted by Gasteiger charge is -1.92. The molecule has 2 aliphatic carbocycles. The van der Waals surface area contributed by atoms with E-state index in [2.05, 4.69) is 0 Å². The summed E-state index contributed by atoms with van der Waals surface area (Å²) in [6, 6.07) is 0. The molecule has 0 atom stereocenters. The highest BCUT2D eigenvalue weighted by Crippen LogP contribution is 2.33. The fourth-order valence-electron chi connectivity index (χ4n) is 0.680. The minimum absolute atomic E-state index is 0.687. The molecule has 1 heteroatoms. The average Bonchev–Trinajstić information content (AvgIpc) is 2.33. The van der Waals surface area contributed by atoms with Gasteiger partial charge < -0.3 is 4.74 Å². The summed E-state index contributed by atoms with van der Waals surface area (Å²) < 4.78 is 5.47. The summed E-state index contributed by atoms with van der Waals surface area (Å²) in [6.07, 6.45) is 6.69.